The van der Waals surface area contributed by atoms with Gasteiger partial charge in [0.05, 0.1) is 5.69 Å². The quantitative estimate of drug-likeness (QED) is 0.426. The van der Waals surface area contributed by atoms with Crippen LogP contribution >= 0.6 is 11.6 Å². The number of rotatable bonds is 5. The normalized spacial score (nSPS) is 17.4. The summed E-state index contributed by atoms with van der Waals surface area (Å²) < 4.78 is 1.60. The average Bonchev–Trinajstić information content (AvgIpc) is 3.68. The molecule has 0 unspecified atom stereocenters. The van der Waals surface area contributed by atoms with E-state index in [1.54, 1.807) is 35.3 Å². The molecule has 37 heavy (non-hydrogen) atoms. The fourth-order valence-electron chi connectivity index (χ4n) is 5.48. The van der Waals surface area contributed by atoms with Crippen LogP contribution in [0.25, 0.3) is 16.8 Å². The topological polar surface area (TPSA) is 100 Å². The first kappa shape index (κ1) is 23.4. The lowest BCUT2D eigenvalue weighted by Gasteiger charge is -2.32. The molecule has 0 bridgehead atoms. The fraction of sp³-hybridized carbons (Fsp3) is 0.214. The van der Waals surface area contributed by atoms with Gasteiger partial charge >= 0.3 is 0 Å². The molecule has 2 aliphatic rings. The van der Waals surface area contributed by atoms with Crippen molar-refractivity contribution >= 4 is 23.4 Å². The highest BCUT2D eigenvalue weighted by Crippen LogP contribution is 2.48. The molecule has 1 aliphatic heterocycles. The second-order valence-electron chi connectivity index (χ2n) is 9.29. The molecule has 186 valence electrons. The van der Waals surface area contributed by atoms with Gasteiger partial charge in [-0.3, -0.25) is 9.59 Å². The molecule has 2 amide bonds. The minimum Gasteiger partial charge on any atom is -0.372 e. The highest BCUT2D eigenvalue weighted by atomic mass is 35.5. The first-order valence-corrected chi connectivity index (χ1v) is 12.5. The van der Waals surface area contributed by atoms with Crippen molar-refractivity contribution in [3.05, 3.63) is 101 Å². The van der Waals surface area contributed by atoms with Gasteiger partial charge in [-0.05, 0) is 47.7 Å². The molecule has 3 aromatic carbocycles. The zero-order valence-electron chi connectivity index (χ0n) is 19.8. The number of aromatic nitrogens is 3. The van der Waals surface area contributed by atoms with Crippen LogP contribution in [0.3, 0.4) is 0 Å². The number of likely N-dealkylation sites (tertiary alicyclic amines) is 1. The summed E-state index contributed by atoms with van der Waals surface area (Å²) in [6.45, 7) is 0.591. The van der Waals surface area contributed by atoms with Crippen LogP contribution in [0.5, 0.6) is 0 Å². The van der Waals surface area contributed by atoms with Crippen LogP contribution in [0.1, 0.15) is 29.5 Å². The molecule has 0 radical (unpaired) electrons. The lowest BCUT2D eigenvalue weighted by atomic mass is 9.89. The van der Waals surface area contributed by atoms with Crippen molar-refractivity contribution in [2.45, 2.75) is 31.0 Å². The highest BCUT2D eigenvalue weighted by Gasteiger charge is 2.52. The van der Waals surface area contributed by atoms with E-state index in [1.807, 2.05) is 42.5 Å². The molecule has 0 spiro atoms. The molecule has 4 aromatic rings. The maximum absolute atomic E-state index is 14.0. The van der Waals surface area contributed by atoms with Gasteiger partial charge in [-0.25, -0.2) is 9.67 Å². The van der Waals surface area contributed by atoms with Crippen LogP contribution in [0.2, 0.25) is 5.02 Å². The van der Waals surface area contributed by atoms with Crippen molar-refractivity contribution < 1.29 is 14.7 Å². The van der Waals surface area contributed by atoms with Gasteiger partial charge in [-0.1, -0.05) is 60.1 Å². The molecule has 9 heteroatoms. The third kappa shape index (κ3) is 3.80. The number of nitrogens with zero attached hydrogens (tertiary/aromatic N) is 4. The van der Waals surface area contributed by atoms with Crippen molar-refractivity contribution in [3.63, 3.8) is 0 Å². The van der Waals surface area contributed by atoms with Gasteiger partial charge in [0.2, 0.25) is 5.91 Å². The van der Waals surface area contributed by atoms with Gasteiger partial charge in [0.15, 0.2) is 5.60 Å². The van der Waals surface area contributed by atoms with E-state index in [4.69, 9.17) is 11.6 Å². The molecule has 2 heterocycles. The smallest absolute Gasteiger partial charge is 0.264 e. The Morgan fingerprint density at radius 1 is 1.05 bits per heavy atom. The van der Waals surface area contributed by atoms with Crippen LogP contribution in [-0.4, -0.2) is 49.2 Å². The number of amides is 2. The lowest BCUT2D eigenvalue weighted by Crippen LogP contribution is -2.52. The number of benzene rings is 3. The predicted molar refractivity (Wildman–Crippen MR) is 138 cm³/mol. The zero-order chi connectivity index (χ0) is 25.6. The summed E-state index contributed by atoms with van der Waals surface area (Å²) in [5.41, 5.74) is 2.41. The van der Waals surface area contributed by atoms with Gasteiger partial charge in [-0.15, -0.1) is 0 Å². The SMILES string of the molecule is O=C(NCc1cc(Cl)ccc1-n1cncn1)[C@@H]1CCCN1C(=O)C1(O)c2ccccc2-c2ccccc21. The third-order valence-corrected chi connectivity index (χ3v) is 7.44. The summed E-state index contributed by atoms with van der Waals surface area (Å²) in [7, 11) is 0. The monoisotopic (exact) mass is 513 g/mol. The Kier molecular flexibility index (Phi) is 5.78. The summed E-state index contributed by atoms with van der Waals surface area (Å²) in [5.74, 6) is -0.757. The second kappa shape index (κ2) is 9.14. The van der Waals surface area contributed by atoms with Crippen molar-refractivity contribution in [2.75, 3.05) is 6.54 Å². The number of aliphatic hydroxyl groups is 1. The van der Waals surface area contributed by atoms with E-state index in [0.29, 0.717) is 35.5 Å². The Balaban J connectivity index is 1.26. The molecule has 6 rings (SSSR count). The van der Waals surface area contributed by atoms with Crippen LogP contribution in [0.15, 0.2) is 79.4 Å². The Morgan fingerprint density at radius 3 is 2.43 bits per heavy atom. The van der Waals surface area contributed by atoms with Crippen LogP contribution in [0.4, 0.5) is 0 Å². The van der Waals surface area contributed by atoms with E-state index < -0.39 is 17.6 Å². The number of carbonyl (C=O) groups is 2. The third-order valence-electron chi connectivity index (χ3n) is 7.21. The molecule has 1 aliphatic carbocycles. The van der Waals surface area contributed by atoms with E-state index in [1.165, 1.54) is 11.2 Å². The zero-order valence-corrected chi connectivity index (χ0v) is 20.6. The van der Waals surface area contributed by atoms with Gasteiger partial charge < -0.3 is 15.3 Å². The van der Waals surface area contributed by atoms with Gasteiger partial charge in [-0.2, -0.15) is 5.10 Å². The van der Waals surface area contributed by atoms with E-state index in [-0.39, 0.29) is 12.5 Å². The van der Waals surface area contributed by atoms with Gasteiger partial charge in [0.25, 0.3) is 5.91 Å². The summed E-state index contributed by atoms with van der Waals surface area (Å²) in [4.78, 5) is 32.9. The predicted octanol–water partition coefficient (Wildman–Crippen LogP) is 3.44. The number of nitrogens with one attached hydrogen (secondary N) is 1. The van der Waals surface area contributed by atoms with Crippen molar-refractivity contribution in [1.29, 1.82) is 0 Å². The van der Waals surface area contributed by atoms with E-state index in [9.17, 15) is 14.7 Å². The molecular weight excluding hydrogens is 490 g/mol. The first-order valence-electron chi connectivity index (χ1n) is 12.1. The summed E-state index contributed by atoms with van der Waals surface area (Å²) in [5, 5.41) is 19.6. The Morgan fingerprint density at radius 2 is 1.76 bits per heavy atom. The Labute approximate surface area is 218 Å². The standard InChI is InChI=1S/C28H24ClN5O3/c29-19-11-12-24(34-17-30-16-32-34)18(14-19)15-31-26(35)25-10-5-13-33(25)27(36)28(37)22-8-3-1-6-20(22)21-7-2-4-9-23(21)28/h1-4,6-9,11-12,14,16-17,25,37H,5,10,13,15H2,(H,31,35)/t25-/m0/s1. The average molecular weight is 514 g/mol. The maximum Gasteiger partial charge on any atom is 0.264 e. The van der Waals surface area contributed by atoms with E-state index in [2.05, 4.69) is 15.4 Å². The number of fused-ring (bicyclic) bond motifs is 3. The number of halogens is 1. The fourth-order valence-corrected chi connectivity index (χ4v) is 5.68. The molecule has 8 nitrogen and oxygen atoms in total. The molecule has 0 saturated carbocycles. The number of hydrogen-bond acceptors (Lipinski definition) is 5. The molecule has 1 saturated heterocycles. The molecule has 1 atom stereocenters. The van der Waals surface area contributed by atoms with Crippen molar-refractivity contribution in [3.8, 4) is 16.8 Å². The van der Waals surface area contributed by atoms with Crippen LogP contribution in [0, 0.1) is 0 Å². The van der Waals surface area contributed by atoms with Gasteiger partial charge in [0, 0.05) is 29.2 Å². The van der Waals surface area contributed by atoms with Crippen LogP contribution < -0.4 is 5.32 Å². The first-order chi connectivity index (χ1) is 18.0. The van der Waals surface area contributed by atoms with E-state index >= 15 is 0 Å². The summed E-state index contributed by atoms with van der Waals surface area (Å²) >= 11 is 6.22. The highest BCUT2D eigenvalue weighted by molar-refractivity contribution is 6.30. The Bertz CT molecular complexity index is 1460. The Hall–Kier alpha value is -4.01. The largest absolute Gasteiger partial charge is 0.372 e. The van der Waals surface area contributed by atoms with E-state index in [0.717, 1.165) is 22.4 Å². The van der Waals surface area contributed by atoms with Gasteiger partial charge in [0.1, 0.15) is 18.7 Å². The maximum atomic E-state index is 14.0. The number of hydrogen-bond donors (Lipinski definition) is 2. The molecular formula is C28H24ClN5O3. The summed E-state index contributed by atoms with van der Waals surface area (Å²) in [6.07, 6.45) is 4.19. The summed E-state index contributed by atoms with van der Waals surface area (Å²) in [6, 6.07) is 19.4. The lowest BCUT2D eigenvalue weighted by molar-refractivity contribution is -0.151. The number of carbonyl (C=O) groups excluding carboxylic acids is 2. The second-order valence-corrected chi connectivity index (χ2v) is 9.73. The molecule has 2 N–H and O–H groups in total. The minimum atomic E-state index is -1.84. The van der Waals surface area contributed by atoms with Crippen molar-refractivity contribution in [2.24, 2.45) is 0 Å². The molecule has 1 aromatic heterocycles. The molecule has 1 fully saturated rings. The van der Waals surface area contributed by atoms with Crippen LogP contribution in [-0.2, 0) is 21.7 Å². The van der Waals surface area contributed by atoms with Crippen molar-refractivity contribution in [1.82, 2.24) is 25.0 Å². The minimum absolute atomic E-state index is 0.197.